The van der Waals surface area contributed by atoms with Crippen molar-refractivity contribution in [3.05, 3.63) is 60.4 Å². The van der Waals surface area contributed by atoms with E-state index in [1.54, 1.807) is 24.7 Å². The Balaban J connectivity index is 0.00000133. The van der Waals surface area contributed by atoms with E-state index in [0.717, 1.165) is 42.4 Å². The number of pyridine rings is 2. The summed E-state index contributed by atoms with van der Waals surface area (Å²) in [5.41, 5.74) is 13.1. The van der Waals surface area contributed by atoms with E-state index in [0.29, 0.717) is 23.1 Å². The van der Waals surface area contributed by atoms with Crippen molar-refractivity contribution in [2.24, 2.45) is 5.73 Å². The molecule has 4 aromatic heterocycles. The Morgan fingerprint density at radius 2 is 1.76 bits per heavy atom. The third kappa shape index (κ3) is 4.46. The van der Waals surface area contributed by atoms with E-state index in [9.17, 15) is 4.79 Å². The molecule has 1 aliphatic carbocycles. The maximum atomic E-state index is 10.5. The van der Waals surface area contributed by atoms with Gasteiger partial charge < -0.3 is 26.1 Å². The van der Waals surface area contributed by atoms with Crippen LogP contribution >= 0.6 is 0 Å². The third-order valence-corrected chi connectivity index (χ3v) is 5.72. The van der Waals surface area contributed by atoms with Crippen LogP contribution in [0.1, 0.15) is 30.7 Å². The fourth-order valence-corrected chi connectivity index (χ4v) is 3.80. The molecule has 0 aromatic carbocycles. The minimum Gasteiger partial charge on any atom is -0.368 e. The molecule has 174 valence electrons. The fourth-order valence-electron chi connectivity index (χ4n) is 3.80. The van der Waals surface area contributed by atoms with Gasteiger partial charge in [0.05, 0.1) is 23.2 Å². The van der Waals surface area contributed by atoms with E-state index < -0.39 is 0 Å². The first-order valence-corrected chi connectivity index (χ1v) is 10.8. The number of anilines is 2. The van der Waals surface area contributed by atoms with E-state index in [-0.39, 0.29) is 17.9 Å². The molecule has 5 rings (SSSR count). The highest BCUT2D eigenvalue weighted by Gasteiger charge is 2.44. The van der Waals surface area contributed by atoms with Crippen molar-refractivity contribution in [3.63, 3.8) is 0 Å². The van der Waals surface area contributed by atoms with Crippen molar-refractivity contribution in [1.82, 2.24) is 30.1 Å². The molecule has 0 atom stereocenters. The van der Waals surface area contributed by atoms with Crippen molar-refractivity contribution in [2.45, 2.75) is 24.7 Å². The Morgan fingerprint density at radius 3 is 2.35 bits per heavy atom. The van der Waals surface area contributed by atoms with Crippen LogP contribution in [0.4, 0.5) is 11.8 Å². The van der Waals surface area contributed by atoms with Crippen LogP contribution in [0.3, 0.4) is 0 Å². The van der Waals surface area contributed by atoms with Gasteiger partial charge in [-0.3, -0.25) is 4.98 Å². The van der Waals surface area contributed by atoms with Gasteiger partial charge in [-0.15, -0.1) is 0 Å². The first-order valence-electron chi connectivity index (χ1n) is 10.8. The average Bonchev–Trinajstić information content (AvgIpc) is 3.35. The maximum Gasteiger partial charge on any atom is 0.259 e. The fraction of sp³-hybridized carbons (Fsp3) is 0.261. The van der Waals surface area contributed by atoms with Crippen LogP contribution in [0.15, 0.2) is 53.6 Å². The molecule has 1 aliphatic rings. The van der Waals surface area contributed by atoms with Gasteiger partial charge in [-0.05, 0) is 43.7 Å². The van der Waals surface area contributed by atoms with E-state index in [1.807, 2.05) is 24.4 Å². The van der Waals surface area contributed by atoms with Crippen LogP contribution in [0.25, 0.3) is 22.7 Å². The molecular weight excluding hydrogens is 434 g/mol. The molecule has 11 heteroatoms. The normalized spacial score (nSPS) is 13.8. The van der Waals surface area contributed by atoms with Crippen molar-refractivity contribution in [2.75, 3.05) is 24.6 Å². The Bertz CT molecular complexity index is 1220. The minimum absolute atomic E-state index is 0.206. The molecule has 34 heavy (non-hydrogen) atoms. The summed E-state index contributed by atoms with van der Waals surface area (Å²) in [6, 6.07) is 7.59. The minimum atomic E-state index is -0.316. The summed E-state index contributed by atoms with van der Waals surface area (Å²) in [4.78, 5) is 32.1. The first-order chi connectivity index (χ1) is 16.7. The van der Waals surface area contributed by atoms with Crippen molar-refractivity contribution >= 4 is 18.1 Å². The molecular formula is C23H25N9O2. The largest absolute Gasteiger partial charge is 0.368 e. The van der Waals surface area contributed by atoms with Gasteiger partial charge in [-0.1, -0.05) is 17.6 Å². The molecule has 1 saturated carbocycles. The second-order valence-electron chi connectivity index (χ2n) is 7.60. The highest BCUT2D eigenvalue weighted by molar-refractivity contribution is 5.60. The van der Waals surface area contributed by atoms with Crippen LogP contribution < -0.4 is 16.8 Å². The molecule has 0 radical (unpaired) electrons. The van der Waals surface area contributed by atoms with Gasteiger partial charge in [0.2, 0.25) is 5.95 Å². The maximum absolute atomic E-state index is 10.5. The summed E-state index contributed by atoms with van der Waals surface area (Å²) in [5, 5.41) is 7.18. The monoisotopic (exact) mass is 459 g/mol. The van der Waals surface area contributed by atoms with Crippen molar-refractivity contribution in [1.29, 1.82) is 0 Å². The summed E-state index contributed by atoms with van der Waals surface area (Å²) in [6.07, 6.45) is 10.5. The lowest BCUT2D eigenvalue weighted by molar-refractivity contribution is -0.106. The average molecular weight is 460 g/mol. The quantitative estimate of drug-likeness (QED) is 0.346. The number of rotatable bonds is 7. The van der Waals surface area contributed by atoms with E-state index >= 15 is 0 Å². The lowest BCUT2D eigenvalue weighted by atomic mass is 9.64. The van der Waals surface area contributed by atoms with Gasteiger partial charge in [0.25, 0.3) is 5.89 Å². The second kappa shape index (κ2) is 10.1. The zero-order chi connectivity index (χ0) is 24.0. The molecule has 0 spiro atoms. The molecule has 1 fully saturated rings. The lowest BCUT2D eigenvalue weighted by Gasteiger charge is -2.39. The highest BCUT2D eigenvalue weighted by Crippen LogP contribution is 2.48. The van der Waals surface area contributed by atoms with Gasteiger partial charge in [-0.25, -0.2) is 15.0 Å². The Labute approximate surface area is 196 Å². The zero-order valence-corrected chi connectivity index (χ0v) is 18.7. The van der Waals surface area contributed by atoms with Crippen LogP contribution in [0.5, 0.6) is 0 Å². The van der Waals surface area contributed by atoms with Gasteiger partial charge >= 0.3 is 0 Å². The summed E-state index contributed by atoms with van der Waals surface area (Å²) >= 11 is 0. The number of hydrogen-bond acceptors (Lipinski definition) is 11. The number of aldehydes is 1. The molecule has 0 aliphatic heterocycles. The van der Waals surface area contributed by atoms with Crippen LogP contribution in [-0.2, 0) is 10.2 Å². The van der Waals surface area contributed by atoms with Gasteiger partial charge in [0.15, 0.2) is 5.82 Å². The number of nitrogens with one attached hydrogen (secondary N) is 1. The lowest BCUT2D eigenvalue weighted by Crippen LogP contribution is -2.36. The number of hydrogen-bond donors (Lipinski definition) is 3. The smallest absolute Gasteiger partial charge is 0.259 e. The van der Waals surface area contributed by atoms with E-state index in [4.69, 9.17) is 10.3 Å². The Morgan fingerprint density at radius 1 is 1.00 bits per heavy atom. The number of nitrogens with two attached hydrogens (primary N) is 2. The Hall–Kier alpha value is -4.25. The predicted molar refractivity (Wildman–Crippen MR) is 127 cm³/mol. The number of nitrogens with zero attached hydrogens (tertiary/aromatic N) is 6. The molecule has 11 nitrogen and oxygen atoms in total. The molecule has 5 N–H and O–H groups in total. The standard InChI is InChI=1S/C22H20N8O2.CH5N/c23-21-27-11-15(12-28-21)17-4-3-16(13-25-17)22(6-1-7-22)20-29-19(32-30-20)14-2-5-18(26-10-14)24-8-9-31;1-2/h2-5,9-13H,1,6-8H2,(H,24,26)(H2,23,27,28);2H2,1H3. The number of nitrogen functional groups attached to an aromatic ring is 1. The molecule has 4 aromatic rings. The SMILES string of the molecule is CN.Nc1ncc(-c2ccc(C3(c4noc(-c5ccc(NCC=O)nc5)n4)CCC3)cn2)cn1. The summed E-state index contributed by atoms with van der Waals surface area (Å²) in [5.74, 6) is 1.89. The molecule has 0 bridgehead atoms. The number of aromatic nitrogens is 6. The highest BCUT2D eigenvalue weighted by atomic mass is 16.5. The second-order valence-corrected chi connectivity index (χ2v) is 7.60. The van der Waals surface area contributed by atoms with Crippen LogP contribution in [0.2, 0.25) is 0 Å². The third-order valence-electron chi connectivity index (χ3n) is 5.72. The summed E-state index contributed by atoms with van der Waals surface area (Å²) < 4.78 is 5.55. The van der Waals surface area contributed by atoms with Gasteiger partial charge in [-0.2, -0.15) is 4.98 Å². The predicted octanol–water partition coefficient (Wildman–Crippen LogP) is 2.22. The van der Waals surface area contributed by atoms with Crippen molar-refractivity contribution < 1.29 is 9.32 Å². The molecule has 0 saturated heterocycles. The number of carbonyl (C=O) groups is 1. The number of carbonyl (C=O) groups excluding carboxylic acids is 1. The topological polar surface area (TPSA) is 172 Å². The van der Waals surface area contributed by atoms with Crippen LogP contribution in [0, 0.1) is 0 Å². The van der Waals surface area contributed by atoms with E-state index in [1.165, 1.54) is 7.05 Å². The van der Waals surface area contributed by atoms with E-state index in [2.05, 4.69) is 41.1 Å². The van der Waals surface area contributed by atoms with Crippen molar-refractivity contribution in [3.8, 4) is 22.7 Å². The first kappa shape index (κ1) is 22.9. The van der Waals surface area contributed by atoms with Gasteiger partial charge in [0, 0.05) is 30.4 Å². The summed E-state index contributed by atoms with van der Waals surface area (Å²) in [7, 11) is 1.50. The van der Waals surface area contributed by atoms with Gasteiger partial charge in [0.1, 0.15) is 12.1 Å². The zero-order valence-electron chi connectivity index (χ0n) is 18.7. The Kier molecular flexibility index (Phi) is 6.83. The molecule has 0 amide bonds. The van der Waals surface area contributed by atoms with Crippen LogP contribution in [-0.4, -0.2) is 50.0 Å². The summed E-state index contributed by atoms with van der Waals surface area (Å²) in [6.45, 7) is 0.206. The molecule has 4 heterocycles. The molecule has 0 unspecified atom stereocenters.